The molecule has 5 heteroatoms. The van der Waals surface area contributed by atoms with Crippen LogP contribution in [0.3, 0.4) is 0 Å². The van der Waals surface area contributed by atoms with Gasteiger partial charge in [-0.25, -0.2) is 4.98 Å². The highest BCUT2D eigenvalue weighted by molar-refractivity contribution is 5.99. The molecule has 3 heterocycles. The summed E-state index contributed by atoms with van der Waals surface area (Å²) < 4.78 is 10.9. The topological polar surface area (TPSA) is 51.7 Å². The molecule has 0 spiro atoms. The number of carbonyl (C=O) groups excluding carboxylic acids is 1. The number of ether oxygens (including phenoxy) is 2. The Morgan fingerprint density at radius 2 is 1.81 bits per heavy atom. The van der Waals surface area contributed by atoms with E-state index in [0.29, 0.717) is 23.6 Å². The summed E-state index contributed by atoms with van der Waals surface area (Å²) >= 11 is 0. The normalized spacial score (nSPS) is 26.8. The molecule has 3 aromatic rings. The minimum absolute atomic E-state index is 0.162. The molecule has 5 nitrogen and oxygen atoms in total. The number of hydrogen-bond acceptors (Lipinski definition) is 4. The number of carbonyl (C=O) groups is 1. The van der Waals surface area contributed by atoms with E-state index in [9.17, 15) is 4.79 Å². The molecular weight excluding hydrogens is 388 g/mol. The minimum atomic E-state index is 0.162. The van der Waals surface area contributed by atoms with Gasteiger partial charge in [-0.15, -0.1) is 0 Å². The molecule has 2 aliphatic heterocycles. The zero-order valence-corrected chi connectivity index (χ0v) is 17.7. The quantitative estimate of drug-likeness (QED) is 0.642. The van der Waals surface area contributed by atoms with Gasteiger partial charge in [0.1, 0.15) is 0 Å². The van der Waals surface area contributed by atoms with Crippen LogP contribution in [-0.4, -0.2) is 49.2 Å². The maximum atomic E-state index is 13.2. The lowest BCUT2D eigenvalue weighted by molar-refractivity contribution is 0.0774. The molecule has 31 heavy (non-hydrogen) atoms. The lowest BCUT2D eigenvalue weighted by Crippen LogP contribution is -2.31. The summed E-state index contributed by atoms with van der Waals surface area (Å²) in [5, 5.41) is 2.20. The van der Waals surface area contributed by atoms with Gasteiger partial charge in [-0.2, -0.15) is 0 Å². The number of methoxy groups -OCH3 is 1. The standard InChI is InChI=1S/C26H26N2O3/c1-30-25-11-19(6-7-27-25)17-2-3-18-9-20(5-4-16(18)8-17)26(29)28-12-21-10-22-14-31-15-24(22)23(21)13-28/h2-9,11,21-24H,10,12-15H2,1H3/t21-,22+,23+,24-/m0/s1. The van der Waals surface area contributed by atoms with Crippen LogP contribution >= 0.6 is 0 Å². The van der Waals surface area contributed by atoms with Crippen LogP contribution in [0.25, 0.3) is 21.9 Å². The van der Waals surface area contributed by atoms with E-state index in [1.54, 1.807) is 13.3 Å². The smallest absolute Gasteiger partial charge is 0.253 e. The van der Waals surface area contributed by atoms with E-state index in [1.807, 2.05) is 24.3 Å². The third kappa shape index (κ3) is 3.19. The van der Waals surface area contributed by atoms with E-state index >= 15 is 0 Å². The van der Waals surface area contributed by atoms with E-state index in [-0.39, 0.29) is 5.91 Å². The van der Waals surface area contributed by atoms with Crippen LogP contribution < -0.4 is 4.74 Å². The molecule has 1 amide bonds. The van der Waals surface area contributed by atoms with E-state index < -0.39 is 0 Å². The van der Waals surface area contributed by atoms with E-state index in [2.05, 4.69) is 34.1 Å². The third-order valence-corrected chi connectivity index (χ3v) is 7.55. The van der Waals surface area contributed by atoms with Gasteiger partial charge >= 0.3 is 0 Å². The van der Waals surface area contributed by atoms with Crippen LogP contribution in [0.4, 0.5) is 0 Å². The minimum Gasteiger partial charge on any atom is -0.481 e. The van der Waals surface area contributed by atoms with Gasteiger partial charge in [0, 0.05) is 37.5 Å². The fraction of sp³-hybridized carbons (Fsp3) is 0.385. The van der Waals surface area contributed by atoms with Gasteiger partial charge in [0.2, 0.25) is 5.88 Å². The van der Waals surface area contributed by atoms with Crippen molar-refractivity contribution in [2.75, 3.05) is 33.4 Å². The molecule has 158 valence electrons. The highest BCUT2D eigenvalue weighted by atomic mass is 16.5. The van der Waals surface area contributed by atoms with Crippen molar-refractivity contribution in [1.29, 1.82) is 0 Å². The lowest BCUT2D eigenvalue weighted by atomic mass is 9.91. The van der Waals surface area contributed by atoms with Crippen LogP contribution in [0, 0.1) is 23.7 Å². The average molecular weight is 415 g/mol. The van der Waals surface area contributed by atoms with E-state index in [1.165, 1.54) is 6.42 Å². The largest absolute Gasteiger partial charge is 0.481 e. The lowest BCUT2D eigenvalue weighted by Gasteiger charge is -2.20. The summed E-state index contributed by atoms with van der Waals surface area (Å²) in [6.07, 6.45) is 2.98. The monoisotopic (exact) mass is 414 g/mol. The Bertz CT molecular complexity index is 1160. The molecule has 0 unspecified atom stereocenters. The molecule has 4 atom stereocenters. The first-order chi connectivity index (χ1) is 15.2. The Morgan fingerprint density at radius 3 is 2.71 bits per heavy atom. The van der Waals surface area contributed by atoms with Crippen LogP contribution in [0.5, 0.6) is 5.88 Å². The van der Waals surface area contributed by atoms with Crippen LogP contribution in [-0.2, 0) is 4.74 Å². The van der Waals surface area contributed by atoms with Crippen molar-refractivity contribution in [3.05, 3.63) is 60.3 Å². The maximum absolute atomic E-state index is 13.2. The fourth-order valence-electron chi connectivity index (χ4n) is 5.96. The predicted molar refractivity (Wildman–Crippen MR) is 119 cm³/mol. The van der Waals surface area contributed by atoms with E-state index in [0.717, 1.165) is 59.7 Å². The number of fused-ring (bicyclic) bond motifs is 4. The maximum Gasteiger partial charge on any atom is 0.253 e. The molecule has 1 aromatic heterocycles. The second kappa shape index (κ2) is 7.34. The highest BCUT2D eigenvalue weighted by Crippen LogP contribution is 2.48. The molecule has 3 aliphatic rings. The first kappa shape index (κ1) is 18.8. The first-order valence-corrected chi connectivity index (χ1v) is 11.1. The van der Waals surface area contributed by atoms with Gasteiger partial charge in [-0.1, -0.05) is 18.2 Å². The van der Waals surface area contributed by atoms with Crippen molar-refractivity contribution >= 4 is 16.7 Å². The predicted octanol–water partition coefficient (Wildman–Crippen LogP) is 4.26. The highest BCUT2D eigenvalue weighted by Gasteiger charge is 2.50. The molecule has 2 saturated heterocycles. The summed E-state index contributed by atoms with van der Waals surface area (Å²) in [4.78, 5) is 19.5. The van der Waals surface area contributed by atoms with Crippen LogP contribution in [0.2, 0.25) is 0 Å². The Balaban J connectivity index is 1.23. The van der Waals surface area contributed by atoms with Crippen molar-refractivity contribution in [3.63, 3.8) is 0 Å². The van der Waals surface area contributed by atoms with Crippen molar-refractivity contribution in [1.82, 2.24) is 9.88 Å². The number of benzene rings is 2. The summed E-state index contributed by atoms with van der Waals surface area (Å²) in [5.74, 6) is 3.42. The molecule has 2 aromatic carbocycles. The SMILES string of the molecule is COc1cc(-c2ccc3cc(C(=O)N4C[C@@H]5C[C@@H]6COC[C@@H]6[C@@H]5C4)ccc3c2)ccn1. The zero-order chi connectivity index (χ0) is 20.9. The van der Waals surface area contributed by atoms with Crippen molar-refractivity contribution in [2.24, 2.45) is 23.7 Å². The summed E-state index contributed by atoms with van der Waals surface area (Å²) in [7, 11) is 1.62. The number of aromatic nitrogens is 1. The molecule has 1 aliphatic carbocycles. The van der Waals surface area contributed by atoms with Crippen LogP contribution in [0.1, 0.15) is 16.8 Å². The molecule has 3 fully saturated rings. The molecule has 6 rings (SSSR count). The van der Waals surface area contributed by atoms with Crippen LogP contribution in [0.15, 0.2) is 54.7 Å². The molecule has 0 N–H and O–H groups in total. The summed E-state index contributed by atoms with van der Waals surface area (Å²) in [5.41, 5.74) is 2.95. The molecule has 0 bridgehead atoms. The Hall–Kier alpha value is -2.92. The second-order valence-corrected chi connectivity index (χ2v) is 9.19. The molecule has 0 radical (unpaired) electrons. The summed E-state index contributed by atoms with van der Waals surface area (Å²) in [6, 6.07) is 16.3. The van der Waals surface area contributed by atoms with Gasteiger partial charge in [0.15, 0.2) is 0 Å². The van der Waals surface area contributed by atoms with Gasteiger partial charge in [0.05, 0.1) is 13.7 Å². The van der Waals surface area contributed by atoms with Gasteiger partial charge in [-0.05, 0) is 76.3 Å². The Kier molecular flexibility index (Phi) is 4.46. The molecular formula is C26H26N2O3. The Labute approximate surface area is 182 Å². The van der Waals surface area contributed by atoms with Crippen molar-refractivity contribution in [2.45, 2.75) is 6.42 Å². The van der Waals surface area contributed by atoms with Gasteiger partial charge in [0.25, 0.3) is 5.91 Å². The second-order valence-electron chi connectivity index (χ2n) is 9.19. The average Bonchev–Trinajstić information content (AvgIpc) is 3.50. The van der Waals surface area contributed by atoms with E-state index in [4.69, 9.17) is 9.47 Å². The molecule has 1 saturated carbocycles. The van der Waals surface area contributed by atoms with Crippen molar-refractivity contribution in [3.8, 4) is 17.0 Å². The number of hydrogen-bond donors (Lipinski definition) is 0. The number of rotatable bonds is 3. The Morgan fingerprint density at radius 1 is 0.968 bits per heavy atom. The summed E-state index contributed by atoms with van der Waals surface area (Å²) in [6.45, 7) is 3.59. The fourth-order valence-corrected chi connectivity index (χ4v) is 5.96. The first-order valence-electron chi connectivity index (χ1n) is 11.1. The van der Waals surface area contributed by atoms with Gasteiger partial charge < -0.3 is 14.4 Å². The number of amides is 1. The third-order valence-electron chi connectivity index (χ3n) is 7.55. The van der Waals surface area contributed by atoms with Gasteiger partial charge in [-0.3, -0.25) is 4.79 Å². The number of nitrogens with zero attached hydrogens (tertiary/aromatic N) is 2. The zero-order valence-electron chi connectivity index (χ0n) is 17.7. The van der Waals surface area contributed by atoms with Crippen molar-refractivity contribution < 1.29 is 14.3 Å². The number of likely N-dealkylation sites (tertiary alicyclic amines) is 1. The number of pyridine rings is 1.